The molecule has 2 aliphatic rings. The lowest BCUT2D eigenvalue weighted by atomic mass is 9.96. The fourth-order valence-electron chi connectivity index (χ4n) is 4.65. The Hall–Kier alpha value is -3.75. The molecule has 0 bridgehead atoms. The fourth-order valence-corrected chi connectivity index (χ4v) is 4.65. The third kappa shape index (κ3) is 4.37. The number of pyridine rings is 1. The van der Waals surface area contributed by atoms with E-state index in [1.54, 1.807) is 12.1 Å². The number of hydrogen-bond donors (Lipinski definition) is 3. The number of aliphatic carboxylic acids is 1. The van der Waals surface area contributed by atoms with Gasteiger partial charge in [-0.3, -0.25) is 24.3 Å². The van der Waals surface area contributed by atoms with E-state index in [1.807, 2.05) is 32.0 Å². The molecule has 4 atom stereocenters. The van der Waals surface area contributed by atoms with Crippen LogP contribution in [0, 0.1) is 5.92 Å². The maximum atomic E-state index is 13.5. The molecule has 0 saturated carbocycles. The first-order valence-corrected chi connectivity index (χ1v) is 11.5. The Morgan fingerprint density at radius 3 is 2.56 bits per heavy atom. The Balaban J connectivity index is 1.56. The molecule has 9 heteroatoms. The topological polar surface area (TPSA) is 129 Å². The van der Waals surface area contributed by atoms with Gasteiger partial charge >= 0.3 is 5.97 Å². The van der Waals surface area contributed by atoms with Crippen LogP contribution in [0.25, 0.3) is 0 Å². The average Bonchev–Trinajstić information content (AvgIpc) is 3.19. The number of nitrogens with one attached hydrogen (secondary N) is 2. The van der Waals surface area contributed by atoms with Crippen LogP contribution in [0.15, 0.2) is 42.7 Å². The summed E-state index contributed by atoms with van der Waals surface area (Å²) in [5.74, 6) is -2.57. The Morgan fingerprint density at radius 1 is 1.18 bits per heavy atom. The number of hydrogen-bond acceptors (Lipinski definition) is 5. The quantitative estimate of drug-likeness (QED) is 0.572. The fraction of sp³-hybridized carbons (Fsp3) is 0.400. The SMILES string of the molecule is CC[C@H](C)[C@H](NC(=O)c1ccncc1)C(=O)N[C@H]1CCc2cccc3c2N(C1=O)[C@H](C(=O)O)C3. The second-order valence-electron chi connectivity index (χ2n) is 8.86. The van der Waals surface area contributed by atoms with Crippen LogP contribution in [0.5, 0.6) is 0 Å². The monoisotopic (exact) mass is 464 g/mol. The standard InChI is InChI=1S/C25H28N4O5/c1-3-14(2)20(28-22(30)16-9-11-26-12-10-16)23(31)27-18-8-7-15-5-4-6-17-13-19(25(33)34)29(21(15)17)24(18)32/h4-6,9-12,14,18-20H,3,7-8,13H2,1-2H3,(H,27,31)(H,28,30)(H,33,34)/t14-,18-,19-,20-/m0/s1. The van der Waals surface area contributed by atoms with Gasteiger partial charge in [-0.2, -0.15) is 0 Å². The molecule has 9 nitrogen and oxygen atoms in total. The van der Waals surface area contributed by atoms with Crippen LogP contribution in [0.2, 0.25) is 0 Å². The molecule has 0 aliphatic carbocycles. The lowest BCUT2D eigenvalue weighted by molar-refractivity contribution is -0.140. The van der Waals surface area contributed by atoms with Crippen LogP contribution >= 0.6 is 0 Å². The van der Waals surface area contributed by atoms with E-state index in [9.17, 15) is 24.3 Å². The third-order valence-electron chi connectivity index (χ3n) is 6.73. The van der Waals surface area contributed by atoms with Crippen molar-refractivity contribution in [3.8, 4) is 0 Å². The molecular weight excluding hydrogens is 436 g/mol. The van der Waals surface area contributed by atoms with Crippen molar-refractivity contribution in [1.29, 1.82) is 0 Å². The molecule has 0 unspecified atom stereocenters. The minimum Gasteiger partial charge on any atom is -0.480 e. The van der Waals surface area contributed by atoms with Gasteiger partial charge in [-0.15, -0.1) is 0 Å². The zero-order chi connectivity index (χ0) is 24.4. The minimum atomic E-state index is -1.08. The minimum absolute atomic E-state index is 0.186. The van der Waals surface area contributed by atoms with E-state index in [0.29, 0.717) is 30.5 Å². The van der Waals surface area contributed by atoms with E-state index in [1.165, 1.54) is 17.3 Å². The number of aromatic nitrogens is 1. The number of carbonyl (C=O) groups excluding carboxylic acids is 3. The van der Waals surface area contributed by atoms with Crippen molar-refractivity contribution in [2.24, 2.45) is 5.92 Å². The number of benzene rings is 1. The zero-order valence-electron chi connectivity index (χ0n) is 19.2. The van der Waals surface area contributed by atoms with Gasteiger partial charge < -0.3 is 15.7 Å². The second kappa shape index (κ2) is 9.62. The van der Waals surface area contributed by atoms with Gasteiger partial charge in [0.15, 0.2) is 0 Å². The van der Waals surface area contributed by atoms with Crippen LogP contribution in [0.4, 0.5) is 5.69 Å². The molecule has 0 saturated heterocycles. The molecule has 2 aromatic rings. The number of nitrogens with zero attached hydrogens (tertiary/aromatic N) is 2. The van der Waals surface area contributed by atoms with Gasteiger partial charge in [-0.1, -0.05) is 38.5 Å². The van der Waals surface area contributed by atoms with E-state index >= 15 is 0 Å². The molecule has 4 rings (SSSR count). The highest BCUT2D eigenvalue weighted by Crippen LogP contribution is 2.39. The summed E-state index contributed by atoms with van der Waals surface area (Å²) in [7, 11) is 0. The number of amides is 3. The molecule has 0 radical (unpaired) electrons. The predicted octanol–water partition coefficient (Wildman–Crippen LogP) is 1.70. The number of rotatable bonds is 7. The summed E-state index contributed by atoms with van der Waals surface area (Å²) in [4.78, 5) is 56.6. The van der Waals surface area contributed by atoms with E-state index in [0.717, 1.165) is 11.1 Å². The highest BCUT2D eigenvalue weighted by Gasteiger charge is 2.44. The maximum Gasteiger partial charge on any atom is 0.327 e. The molecular formula is C25H28N4O5. The smallest absolute Gasteiger partial charge is 0.327 e. The van der Waals surface area contributed by atoms with Gasteiger partial charge in [0.2, 0.25) is 11.8 Å². The van der Waals surface area contributed by atoms with Crippen molar-refractivity contribution in [3.05, 3.63) is 59.4 Å². The molecule has 1 aromatic heterocycles. The zero-order valence-corrected chi connectivity index (χ0v) is 19.2. The van der Waals surface area contributed by atoms with E-state index < -0.39 is 41.8 Å². The normalized spacial score (nSPS) is 20.6. The Labute approximate surface area is 197 Å². The summed E-state index contributed by atoms with van der Waals surface area (Å²) >= 11 is 0. The van der Waals surface area contributed by atoms with Crippen LogP contribution in [0.3, 0.4) is 0 Å². The van der Waals surface area contributed by atoms with Gasteiger partial charge in [-0.25, -0.2) is 4.79 Å². The lowest BCUT2D eigenvalue weighted by Gasteiger charge is -2.29. The first-order chi connectivity index (χ1) is 16.3. The molecule has 0 spiro atoms. The van der Waals surface area contributed by atoms with Crippen LogP contribution < -0.4 is 15.5 Å². The Morgan fingerprint density at radius 2 is 1.88 bits per heavy atom. The Bertz CT molecular complexity index is 1120. The van der Waals surface area contributed by atoms with Crippen molar-refractivity contribution >= 4 is 29.4 Å². The van der Waals surface area contributed by atoms with Crippen molar-refractivity contribution < 1.29 is 24.3 Å². The molecule has 34 heavy (non-hydrogen) atoms. The molecule has 3 N–H and O–H groups in total. The summed E-state index contributed by atoms with van der Waals surface area (Å²) in [5, 5.41) is 15.3. The number of carboxylic acids is 1. The van der Waals surface area contributed by atoms with E-state index in [4.69, 9.17) is 0 Å². The summed E-state index contributed by atoms with van der Waals surface area (Å²) in [5.41, 5.74) is 2.76. The van der Waals surface area contributed by atoms with Crippen LogP contribution in [-0.2, 0) is 27.2 Å². The number of aryl methyl sites for hydroxylation is 1. The molecule has 178 valence electrons. The summed E-state index contributed by atoms with van der Waals surface area (Å²) in [6.07, 6.45) is 4.74. The largest absolute Gasteiger partial charge is 0.480 e. The molecule has 3 heterocycles. The van der Waals surface area contributed by atoms with E-state index in [-0.39, 0.29) is 12.3 Å². The van der Waals surface area contributed by atoms with Crippen molar-refractivity contribution in [1.82, 2.24) is 15.6 Å². The van der Waals surface area contributed by atoms with Crippen molar-refractivity contribution in [2.75, 3.05) is 4.90 Å². The number of para-hydroxylation sites is 1. The Kier molecular flexibility index (Phi) is 6.63. The summed E-state index contributed by atoms with van der Waals surface area (Å²) in [6.45, 7) is 3.77. The first kappa shape index (κ1) is 23.4. The summed E-state index contributed by atoms with van der Waals surface area (Å²) in [6, 6.07) is 5.98. The third-order valence-corrected chi connectivity index (χ3v) is 6.73. The van der Waals surface area contributed by atoms with Gasteiger partial charge in [0.05, 0.1) is 5.69 Å². The number of carboxylic acid groups (broad SMARTS) is 1. The van der Waals surface area contributed by atoms with Crippen molar-refractivity contribution in [2.45, 2.75) is 57.7 Å². The van der Waals surface area contributed by atoms with Gasteiger partial charge in [0.1, 0.15) is 18.1 Å². The highest BCUT2D eigenvalue weighted by atomic mass is 16.4. The maximum absolute atomic E-state index is 13.5. The highest BCUT2D eigenvalue weighted by molar-refractivity contribution is 6.07. The average molecular weight is 465 g/mol. The van der Waals surface area contributed by atoms with E-state index in [2.05, 4.69) is 15.6 Å². The van der Waals surface area contributed by atoms with Crippen molar-refractivity contribution in [3.63, 3.8) is 0 Å². The van der Waals surface area contributed by atoms with Crippen LogP contribution in [-0.4, -0.2) is 51.9 Å². The van der Waals surface area contributed by atoms with Gasteiger partial charge in [-0.05, 0) is 42.0 Å². The molecule has 2 aliphatic heterocycles. The number of carbonyl (C=O) groups is 4. The molecule has 3 amide bonds. The first-order valence-electron chi connectivity index (χ1n) is 11.5. The lowest BCUT2D eigenvalue weighted by Crippen LogP contribution is -2.57. The number of anilines is 1. The van der Waals surface area contributed by atoms with Gasteiger partial charge in [0.25, 0.3) is 5.91 Å². The van der Waals surface area contributed by atoms with Crippen LogP contribution in [0.1, 0.15) is 48.2 Å². The predicted molar refractivity (Wildman–Crippen MR) is 124 cm³/mol. The molecule has 1 aromatic carbocycles. The second-order valence-corrected chi connectivity index (χ2v) is 8.86. The van der Waals surface area contributed by atoms with Gasteiger partial charge in [0, 0.05) is 24.4 Å². The molecule has 0 fully saturated rings. The summed E-state index contributed by atoms with van der Waals surface area (Å²) < 4.78 is 0.